The lowest BCUT2D eigenvalue weighted by Crippen LogP contribution is -2.51. The third-order valence-electron chi connectivity index (χ3n) is 4.14. The van der Waals surface area contributed by atoms with Crippen LogP contribution in [0, 0.1) is 11.8 Å². The fraction of sp³-hybridized carbons (Fsp3) is 0.923. The van der Waals surface area contributed by atoms with Gasteiger partial charge in [-0.3, -0.25) is 4.79 Å². The second-order valence-corrected chi connectivity index (χ2v) is 5.28. The molecule has 2 heterocycles. The van der Waals surface area contributed by atoms with E-state index in [9.17, 15) is 4.79 Å². The molecular formula is C13H26ClN3O. The zero-order valence-corrected chi connectivity index (χ0v) is 12.3. The molecule has 1 unspecified atom stereocenters. The maximum atomic E-state index is 12.1. The molecule has 1 atom stereocenters. The largest absolute Gasteiger partial charge is 0.342 e. The van der Waals surface area contributed by atoms with Crippen molar-refractivity contribution in [3.63, 3.8) is 0 Å². The van der Waals surface area contributed by atoms with Crippen LogP contribution in [-0.4, -0.2) is 61.5 Å². The molecule has 18 heavy (non-hydrogen) atoms. The standard InChI is InChI=1S/C13H25N3O.ClH/c1-3-15(4-2)9-11-5-6-16(10-11)13(17)12-7-14-8-12;/h11-12,14H,3-10H2,1-2H3;1H. The fourth-order valence-corrected chi connectivity index (χ4v) is 2.75. The number of nitrogens with one attached hydrogen (secondary N) is 1. The summed E-state index contributed by atoms with van der Waals surface area (Å²) in [6.07, 6.45) is 1.18. The Bertz CT molecular complexity index is 267. The van der Waals surface area contributed by atoms with Gasteiger partial charge < -0.3 is 15.1 Å². The topological polar surface area (TPSA) is 35.6 Å². The van der Waals surface area contributed by atoms with E-state index in [1.807, 2.05) is 0 Å². The number of rotatable bonds is 5. The number of carbonyl (C=O) groups is 1. The normalized spacial score (nSPS) is 23.9. The molecule has 0 saturated carbocycles. The highest BCUT2D eigenvalue weighted by Gasteiger charge is 2.33. The van der Waals surface area contributed by atoms with Crippen LogP contribution < -0.4 is 5.32 Å². The Morgan fingerprint density at radius 3 is 2.50 bits per heavy atom. The third kappa shape index (κ3) is 3.59. The van der Waals surface area contributed by atoms with E-state index in [2.05, 4.69) is 29.0 Å². The van der Waals surface area contributed by atoms with Crippen molar-refractivity contribution in [2.24, 2.45) is 11.8 Å². The maximum Gasteiger partial charge on any atom is 0.228 e. The lowest BCUT2D eigenvalue weighted by Gasteiger charge is -2.30. The van der Waals surface area contributed by atoms with Gasteiger partial charge in [0.05, 0.1) is 5.92 Å². The van der Waals surface area contributed by atoms with Crippen LogP contribution in [0.3, 0.4) is 0 Å². The van der Waals surface area contributed by atoms with Crippen LogP contribution in [0.5, 0.6) is 0 Å². The smallest absolute Gasteiger partial charge is 0.228 e. The lowest BCUT2D eigenvalue weighted by atomic mass is 10.0. The molecule has 2 fully saturated rings. The van der Waals surface area contributed by atoms with Crippen LogP contribution >= 0.6 is 12.4 Å². The van der Waals surface area contributed by atoms with Gasteiger partial charge in [0, 0.05) is 32.7 Å². The van der Waals surface area contributed by atoms with Crippen LogP contribution in [0.4, 0.5) is 0 Å². The van der Waals surface area contributed by atoms with Gasteiger partial charge >= 0.3 is 0 Å². The van der Waals surface area contributed by atoms with Gasteiger partial charge in [0.25, 0.3) is 0 Å². The predicted molar refractivity (Wildman–Crippen MR) is 76.1 cm³/mol. The van der Waals surface area contributed by atoms with E-state index in [4.69, 9.17) is 0 Å². The van der Waals surface area contributed by atoms with Gasteiger partial charge in [-0.05, 0) is 25.4 Å². The van der Waals surface area contributed by atoms with Crippen molar-refractivity contribution in [2.45, 2.75) is 20.3 Å². The van der Waals surface area contributed by atoms with E-state index in [1.165, 1.54) is 6.42 Å². The van der Waals surface area contributed by atoms with E-state index >= 15 is 0 Å². The highest BCUT2D eigenvalue weighted by atomic mass is 35.5. The number of nitrogens with zero attached hydrogens (tertiary/aromatic N) is 2. The van der Waals surface area contributed by atoms with Gasteiger partial charge in [0.1, 0.15) is 0 Å². The van der Waals surface area contributed by atoms with Crippen LogP contribution in [0.25, 0.3) is 0 Å². The Labute approximate surface area is 116 Å². The van der Waals surface area contributed by atoms with Crippen molar-refractivity contribution in [2.75, 3.05) is 45.8 Å². The number of halogens is 1. The summed E-state index contributed by atoms with van der Waals surface area (Å²) in [5.41, 5.74) is 0. The molecule has 0 spiro atoms. The Kier molecular flexibility index (Phi) is 6.39. The molecule has 106 valence electrons. The molecule has 2 aliphatic rings. The molecule has 2 saturated heterocycles. The number of likely N-dealkylation sites (tertiary alicyclic amines) is 1. The van der Waals surface area contributed by atoms with Crippen LogP contribution in [0.1, 0.15) is 20.3 Å². The second-order valence-electron chi connectivity index (χ2n) is 5.28. The molecular weight excluding hydrogens is 250 g/mol. The molecule has 4 nitrogen and oxygen atoms in total. The maximum absolute atomic E-state index is 12.1. The highest BCUT2D eigenvalue weighted by molar-refractivity contribution is 5.85. The molecule has 0 bridgehead atoms. The van der Waals surface area contributed by atoms with E-state index < -0.39 is 0 Å². The molecule has 2 aliphatic heterocycles. The first-order valence-corrected chi connectivity index (χ1v) is 6.96. The van der Waals surface area contributed by atoms with Crippen LogP contribution in [-0.2, 0) is 4.79 Å². The van der Waals surface area contributed by atoms with Crippen molar-refractivity contribution in [1.82, 2.24) is 15.1 Å². The summed E-state index contributed by atoms with van der Waals surface area (Å²) >= 11 is 0. The van der Waals surface area contributed by atoms with Crippen LogP contribution in [0.2, 0.25) is 0 Å². The van der Waals surface area contributed by atoms with E-state index in [0.717, 1.165) is 45.8 Å². The second kappa shape index (κ2) is 7.31. The van der Waals surface area contributed by atoms with Crippen molar-refractivity contribution in [1.29, 1.82) is 0 Å². The Morgan fingerprint density at radius 1 is 1.33 bits per heavy atom. The summed E-state index contributed by atoms with van der Waals surface area (Å²) < 4.78 is 0. The summed E-state index contributed by atoms with van der Waals surface area (Å²) in [7, 11) is 0. The van der Waals surface area contributed by atoms with Crippen LogP contribution in [0.15, 0.2) is 0 Å². The predicted octanol–water partition coefficient (Wildman–Crippen LogP) is 0.818. The van der Waals surface area contributed by atoms with Gasteiger partial charge in [-0.25, -0.2) is 0 Å². The molecule has 1 N–H and O–H groups in total. The van der Waals surface area contributed by atoms with Crippen molar-refractivity contribution in [3.8, 4) is 0 Å². The summed E-state index contributed by atoms with van der Waals surface area (Å²) in [5.74, 6) is 1.33. The monoisotopic (exact) mass is 275 g/mol. The number of hydrogen-bond donors (Lipinski definition) is 1. The molecule has 0 aromatic heterocycles. The number of carbonyl (C=O) groups excluding carboxylic acids is 1. The lowest BCUT2D eigenvalue weighted by molar-refractivity contribution is -0.136. The van der Waals surface area contributed by atoms with Gasteiger partial charge in [0.2, 0.25) is 5.91 Å². The highest BCUT2D eigenvalue weighted by Crippen LogP contribution is 2.20. The average Bonchev–Trinajstić information content (AvgIpc) is 2.71. The minimum Gasteiger partial charge on any atom is -0.342 e. The Morgan fingerprint density at radius 2 is 2.00 bits per heavy atom. The zero-order valence-electron chi connectivity index (χ0n) is 11.5. The number of amides is 1. The van der Waals surface area contributed by atoms with Crippen molar-refractivity contribution >= 4 is 18.3 Å². The Balaban J connectivity index is 0.00000162. The third-order valence-corrected chi connectivity index (χ3v) is 4.14. The van der Waals surface area contributed by atoms with Gasteiger partial charge in [-0.2, -0.15) is 0 Å². The van der Waals surface area contributed by atoms with Gasteiger partial charge in [0.15, 0.2) is 0 Å². The molecule has 0 aromatic carbocycles. The number of hydrogen-bond acceptors (Lipinski definition) is 3. The fourth-order valence-electron chi connectivity index (χ4n) is 2.75. The Hall–Kier alpha value is -0.320. The molecule has 0 aliphatic carbocycles. The van der Waals surface area contributed by atoms with Gasteiger partial charge in [-0.1, -0.05) is 13.8 Å². The summed E-state index contributed by atoms with van der Waals surface area (Å²) in [4.78, 5) is 16.6. The summed E-state index contributed by atoms with van der Waals surface area (Å²) in [5, 5.41) is 3.17. The molecule has 1 amide bonds. The molecule has 2 rings (SSSR count). The van der Waals surface area contributed by atoms with Crippen molar-refractivity contribution < 1.29 is 4.79 Å². The minimum atomic E-state index is 0. The van der Waals surface area contributed by atoms with Crippen molar-refractivity contribution in [3.05, 3.63) is 0 Å². The molecule has 0 aromatic rings. The molecule has 0 radical (unpaired) electrons. The quantitative estimate of drug-likeness (QED) is 0.807. The summed E-state index contributed by atoms with van der Waals surface area (Å²) in [6.45, 7) is 11.5. The first-order valence-electron chi connectivity index (χ1n) is 6.96. The zero-order chi connectivity index (χ0) is 12.3. The minimum absolute atomic E-state index is 0. The molecule has 5 heteroatoms. The van der Waals surface area contributed by atoms with Gasteiger partial charge in [-0.15, -0.1) is 12.4 Å². The average molecular weight is 276 g/mol. The first-order chi connectivity index (χ1) is 8.24. The van der Waals surface area contributed by atoms with E-state index in [-0.39, 0.29) is 18.3 Å². The SMILES string of the molecule is CCN(CC)CC1CCN(C(=O)C2CNC2)C1.Cl. The van der Waals surface area contributed by atoms with E-state index in [0.29, 0.717) is 11.8 Å². The van der Waals surface area contributed by atoms with E-state index in [1.54, 1.807) is 0 Å². The first kappa shape index (κ1) is 15.7. The summed E-state index contributed by atoms with van der Waals surface area (Å²) in [6, 6.07) is 0.